The molecule has 0 aromatic heterocycles. The molecule has 16 heavy (non-hydrogen) atoms. The second-order valence-corrected chi connectivity index (χ2v) is 3.99. The van der Waals surface area contributed by atoms with Gasteiger partial charge in [-0.3, -0.25) is 9.59 Å². The largest absolute Gasteiger partial charge is 0.372 e. The molecule has 0 unspecified atom stereocenters. The summed E-state index contributed by atoms with van der Waals surface area (Å²) in [4.78, 5) is 22.1. The number of carbonyl (C=O) groups is 2. The maximum atomic E-state index is 11.1. The van der Waals surface area contributed by atoms with E-state index >= 15 is 0 Å². The van der Waals surface area contributed by atoms with Gasteiger partial charge in [0.15, 0.2) is 0 Å². The maximum absolute atomic E-state index is 11.1. The number of hydrogen-bond acceptors (Lipinski definition) is 3. The highest BCUT2D eigenvalue weighted by Crippen LogP contribution is 2.07. The van der Waals surface area contributed by atoms with Crippen LogP contribution in [-0.2, 0) is 14.3 Å². The molecule has 1 amide bonds. The molecule has 0 aliphatic rings. The number of carbonyl (C=O) groups excluding carboxylic acids is 2. The van der Waals surface area contributed by atoms with Gasteiger partial charge in [-0.1, -0.05) is 13.3 Å². The van der Waals surface area contributed by atoms with Crippen LogP contribution in [0.3, 0.4) is 0 Å². The van der Waals surface area contributed by atoms with E-state index in [0.717, 1.165) is 19.3 Å². The van der Waals surface area contributed by atoms with E-state index < -0.39 is 0 Å². The van der Waals surface area contributed by atoms with Crippen LogP contribution in [0.1, 0.15) is 40.0 Å². The molecule has 0 bridgehead atoms. The van der Waals surface area contributed by atoms with Gasteiger partial charge in [-0.05, 0) is 26.7 Å². The number of ketones is 1. The molecular formula is C12H23NO3. The minimum atomic E-state index is -0.0681. The first-order valence-electron chi connectivity index (χ1n) is 5.92. The lowest BCUT2D eigenvalue weighted by atomic mass is 10.0. The van der Waals surface area contributed by atoms with E-state index in [9.17, 15) is 9.59 Å². The topological polar surface area (TPSA) is 55.4 Å². The third kappa shape index (κ3) is 8.41. The summed E-state index contributed by atoms with van der Waals surface area (Å²) in [5.74, 6) is 0.306. The number of ether oxygens (including phenoxy) is 1. The van der Waals surface area contributed by atoms with E-state index in [4.69, 9.17) is 4.74 Å². The second kappa shape index (κ2) is 9.33. The summed E-state index contributed by atoms with van der Waals surface area (Å²) in [6.07, 6.45) is 2.78. The molecule has 94 valence electrons. The molecule has 0 aliphatic heterocycles. The summed E-state index contributed by atoms with van der Waals surface area (Å²) < 4.78 is 4.97. The minimum Gasteiger partial charge on any atom is -0.372 e. The third-order valence-electron chi connectivity index (χ3n) is 2.52. The Kier molecular flexibility index (Phi) is 8.81. The van der Waals surface area contributed by atoms with Gasteiger partial charge in [-0.25, -0.2) is 0 Å². The van der Waals surface area contributed by atoms with Gasteiger partial charge in [0, 0.05) is 19.1 Å². The fourth-order valence-electron chi connectivity index (χ4n) is 1.25. The van der Waals surface area contributed by atoms with Crippen molar-refractivity contribution in [3.8, 4) is 0 Å². The number of rotatable bonds is 9. The van der Waals surface area contributed by atoms with Crippen LogP contribution in [-0.4, -0.2) is 31.4 Å². The first kappa shape index (κ1) is 15.1. The molecule has 1 atom stereocenters. The molecule has 0 saturated heterocycles. The van der Waals surface area contributed by atoms with Crippen LogP contribution in [0.15, 0.2) is 0 Å². The molecular weight excluding hydrogens is 206 g/mol. The quantitative estimate of drug-likeness (QED) is 0.610. The smallest absolute Gasteiger partial charge is 0.245 e. The fourth-order valence-corrected chi connectivity index (χ4v) is 1.25. The van der Waals surface area contributed by atoms with E-state index in [0.29, 0.717) is 13.2 Å². The maximum Gasteiger partial charge on any atom is 0.245 e. The van der Waals surface area contributed by atoms with Crippen molar-refractivity contribution in [2.45, 2.75) is 40.0 Å². The Morgan fingerprint density at radius 2 is 2.00 bits per heavy atom. The molecule has 0 radical (unpaired) electrons. The van der Waals surface area contributed by atoms with Crippen molar-refractivity contribution in [1.29, 1.82) is 0 Å². The molecule has 0 aromatic rings. The van der Waals surface area contributed by atoms with Crippen LogP contribution in [0.5, 0.6) is 0 Å². The van der Waals surface area contributed by atoms with Crippen LogP contribution in [0.25, 0.3) is 0 Å². The van der Waals surface area contributed by atoms with Crippen molar-refractivity contribution < 1.29 is 14.3 Å². The van der Waals surface area contributed by atoms with Crippen LogP contribution in [0.2, 0.25) is 0 Å². The second-order valence-electron chi connectivity index (χ2n) is 3.99. The van der Waals surface area contributed by atoms with Gasteiger partial charge in [-0.15, -0.1) is 0 Å². The predicted octanol–water partition coefficient (Wildman–Crippen LogP) is 1.53. The van der Waals surface area contributed by atoms with Gasteiger partial charge >= 0.3 is 0 Å². The summed E-state index contributed by atoms with van der Waals surface area (Å²) in [5.41, 5.74) is 0. The fraction of sp³-hybridized carbons (Fsp3) is 0.833. The average molecular weight is 229 g/mol. The minimum absolute atomic E-state index is 0.0681. The number of nitrogens with one attached hydrogen (secondary N) is 1. The molecule has 0 aromatic carbocycles. The number of Topliss-reactive ketones (excluding diaryl/α,β-unsaturated/α-hetero) is 1. The zero-order valence-corrected chi connectivity index (χ0v) is 10.5. The Hall–Kier alpha value is -0.900. The van der Waals surface area contributed by atoms with Crippen molar-refractivity contribution in [3.63, 3.8) is 0 Å². The first-order valence-corrected chi connectivity index (χ1v) is 5.92. The average Bonchev–Trinajstić information content (AvgIpc) is 2.25. The lowest BCUT2D eigenvalue weighted by Crippen LogP contribution is -2.28. The van der Waals surface area contributed by atoms with Crippen LogP contribution >= 0.6 is 0 Å². The lowest BCUT2D eigenvalue weighted by Gasteiger charge is -2.07. The molecule has 4 nitrogen and oxygen atoms in total. The van der Waals surface area contributed by atoms with E-state index in [1.165, 1.54) is 0 Å². The third-order valence-corrected chi connectivity index (χ3v) is 2.52. The Morgan fingerprint density at radius 3 is 2.56 bits per heavy atom. The van der Waals surface area contributed by atoms with Gasteiger partial charge in [0.25, 0.3) is 0 Å². The standard InChI is InChI=1S/C12H23NO3/c1-4-16-9-12(15)13-8-6-5-7-10(2)11(3)14/h10H,4-9H2,1-3H3,(H,13,15)/t10-/m1/s1. The molecule has 1 N–H and O–H groups in total. The van der Waals surface area contributed by atoms with Gasteiger partial charge in [0.05, 0.1) is 0 Å². The molecule has 0 saturated carbocycles. The number of hydrogen-bond donors (Lipinski definition) is 1. The molecule has 4 heteroatoms. The Labute approximate surface area is 97.7 Å². The van der Waals surface area contributed by atoms with Crippen molar-refractivity contribution in [1.82, 2.24) is 5.32 Å². The number of amides is 1. The van der Waals surface area contributed by atoms with Crippen molar-refractivity contribution >= 4 is 11.7 Å². The van der Waals surface area contributed by atoms with E-state index in [1.54, 1.807) is 6.92 Å². The van der Waals surface area contributed by atoms with Gasteiger partial charge in [-0.2, -0.15) is 0 Å². The summed E-state index contributed by atoms with van der Waals surface area (Å²) in [5, 5.41) is 2.77. The lowest BCUT2D eigenvalue weighted by molar-refractivity contribution is -0.125. The Morgan fingerprint density at radius 1 is 1.31 bits per heavy atom. The molecule has 0 fully saturated rings. The number of unbranched alkanes of at least 4 members (excludes halogenated alkanes) is 1. The summed E-state index contributed by atoms with van der Waals surface area (Å²) >= 11 is 0. The van der Waals surface area contributed by atoms with Crippen molar-refractivity contribution in [2.24, 2.45) is 5.92 Å². The molecule has 0 rings (SSSR count). The Bertz CT molecular complexity index is 216. The van der Waals surface area contributed by atoms with Crippen molar-refractivity contribution in [3.05, 3.63) is 0 Å². The normalized spacial score (nSPS) is 12.2. The summed E-state index contributed by atoms with van der Waals surface area (Å²) in [6.45, 7) is 6.78. The highest BCUT2D eigenvalue weighted by molar-refractivity contribution is 5.77. The van der Waals surface area contributed by atoms with Gasteiger partial charge in [0.1, 0.15) is 12.4 Å². The van der Waals surface area contributed by atoms with E-state index in [2.05, 4.69) is 5.32 Å². The highest BCUT2D eigenvalue weighted by Gasteiger charge is 2.06. The molecule has 0 heterocycles. The predicted molar refractivity (Wildman–Crippen MR) is 63.2 cm³/mol. The van der Waals surface area contributed by atoms with Gasteiger partial charge < -0.3 is 10.1 Å². The van der Waals surface area contributed by atoms with Crippen LogP contribution in [0.4, 0.5) is 0 Å². The SMILES string of the molecule is CCOCC(=O)NCCCC[C@@H](C)C(C)=O. The molecule has 0 aliphatic carbocycles. The zero-order chi connectivity index (χ0) is 12.4. The van der Waals surface area contributed by atoms with E-state index in [1.807, 2.05) is 13.8 Å². The first-order chi connectivity index (χ1) is 7.57. The summed E-state index contributed by atoms with van der Waals surface area (Å²) in [6, 6.07) is 0. The van der Waals surface area contributed by atoms with E-state index in [-0.39, 0.29) is 24.2 Å². The van der Waals surface area contributed by atoms with Crippen molar-refractivity contribution in [2.75, 3.05) is 19.8 Å². The highest BCUT2D eigenvalue weighted by atomic mass is 16.5. The zero-order valence-electron chi connectivity index (χ0n) is 10.5. The monoisotopic (exact) mass is 229 g/mol. The van der Waals surface area contributed by atoms with Crippen LogP contribution < -0.4 is 5.32 Å². The van der Waals surface area contributed by atoms with Crippen LogP contribution in [0, 0.1) is 5.92 Å². The summed E-state index contributed by atoms with van der Waals surface area (Å²) in [7, 11) is 0. The van der Waals surface area contributed by atoms with Gasteiger partial charge in [0.2, 0.25) is 5.91 Å². The molecule has 0 spiro atoms. The Balaban J connectivity index is 3.33.